The average Bonchev–Trinajstić information content (AvgIpc) is 2.38. The van der Waals surface area contributed by atoms with Crippen molar-refractivity contribution >= 4 is 5.82 Å². The highest BCUT2D eigenvalue weighted by Crippen LogP contribution is 2.19. The summed E-state index contributed by atoms with van der Waals surface area (Å²) in [5.74, 6) is 1.53. The van der Waals surface area contributed by atoms with Crippen molar-refractivity contribution in [1.29, 1.82) is 0 Å². The standard InChI is InChI=1S/C12H20N2O3/c1-15-9-10-17-8-4-7-14-12-11(16-2)5-3-6-13-12/h3,5-6H,4,7-10H2,1-2H3,(H,13,14). The molecule has 1 heterocycles. The van der Waals surface area contributed by atoms with Gasteiger partial charge in [0.25, 0.3) is 0 Å². The van der Waals surface area contributed by atoms with Gasteiger partial charge in [-0.15, -0.1) is 0 Å². The number of pyridine rings is 1. The minimum atomic E-state index is 0.640. The molecule has 5 heteroatoms. The lowest BCUT2D eigenvalue weighted by Gasteiger charge is -2.09. The summed E-state index contributed by atoms with van der Waals surface area (Å²) < 4.78 is 15.4. The Morgan fingerprint density at radius 3 is 2.88 bits per heavy atom. The lowest BCUT2D eigenvalue weighted by Crippen LogP contribution is -2.09. The van der Waals surface area contributed by atoms with E-state index in [4.69, 9.17) is 14.2 Å². The van der Waals surface area contributed by atoms with Crippen LogP contribution in [0.2, 0.25) is 0 Å². The van der Waals surface area contributed by atoms with Crippen LogP contribution in [-0.2, 0) is 9.47 Å². The van der Waals surface area contributed by atoms with Gasteiger partial charge in [-0.1, -0.05) is 0 Å². The maximum atomic E-state index is 5.35. The molecule has 1 aromatic rings. The van der Waals surface area contributed by atoms with Crippen LogP contribution in [0.3, 0.4) is 0 Å². The molecular formula is C12H20N2O3. The van der Waals surface area contributed by atoms with Crippen molar-refractivity contribution in [1.82, 2.24) is 4.98 Å². The smallest absolute Gasteiger partial charge is 0.168 e. The van der Waals surface area contributed by atoms with Crippen molar-refractivity contribution in [3.63, 3.8) is 0 Å². The Balaban J connectivity index is 2.13. The molecule has 0 bridgehead atoms. The zero-order valence-corrected chi connectivity index (χ0v) is 10.4. The van der Waals surface area contributed by atoms with Crippen LogP contribution >= 0.6 is 0 Å². The van der Waals surface area contributed by atoms with Crippen LogP contribution in [0, 0.1) is 0 Å². The first kappa shape index (κ1) is 13.7. The molecule has 96 valence electrons. The Kier molecular flexibility index (Phi) is 7.09. The highest BCUT2D eigenvalue weighted by atomic mass is 16.5. The van der Waals surface area contributed by atoms with Crippen molar-refractivity contribution in [2.75, 3.05) is 45.9 Å². The molecule has 0 saturated heterocycles. The number of hydrogen-bond acceptors (Lipinski definition) is 5. The molecule has 0 fully saturated rings. The third-order valence-corrected chi connectivity index (χ3v) is 2.18. The fourth-order valence-electron chi connectivity index (χ4n) is 1.31. The van der Waals surface area contributed by atoms with Crippen molar-refractivity contribution in [2.45, 2.75) is 6.42 Å². The Bertz CT molecular complexity index is 308. The number of rotatable bonds is 9. The van der Waals surface area contributed by atoms with E-state index in [0.29, 0.717) is 19.8 Å². The number of nitrogens with zero attached hydrogens (tertiary/aromatic N) is 1. The lowest BCUT2D eigenvalue weighted by atomic mass is 10.4. The van der Waals surface area contributed by atoms with E-state index < -0.39 is 0 Å². The molecule has 1 N–H and O–H groups in total. The van der Waals surface area contributed by atoms with Crippen LogP contribution in [0.1, 0.15) is 6.42 Å². The van der Waals surface area contributed by atoms with Gasteiger partial charge in [0.1, 0.15) is 0 Å². The van der Waals surface area contributed by atoms with Gasteiger partial charge in [-0.2, -0.15) is 0 Å². The van der Waals surface area contributed by atoms with Gasteiger partial charge in [0.15, 0.2) is 11.6 Å². The third-order valence-electron chi connectivity index (χ3n) is 2.18. The van der Waals surface area contributed by atoms with Crippen molar-refractivity contribution in [2.24, 2.45) is 0 Å². The summed E-state index contributed by atoms with van der Waals surface area (Å²) in [7, 11) is 3.30. The molecule has 0 atom stereocenters. The van der Waals surface area contributed by atoms with E-state index in [9.17, 15) is 0 Å². The predicted molar refractivity (Wildman–Crippen MR) is 66.6 cm³/mol. The van der Waals surface area contributed by atoms with Crippen LogP contribution in [0.4, 0.5) is 5.82 Å². The third kappa shape index (κ3) is 5.51. The number of ether oxygens (including phenoxy) is 3. The molecular weight excluding hydrogens is 220 g/mol. The summed E-state index contributed by atoms with van der Waals surface area (Å²) >= 11 is 0. The molecule has 0 aliphatic rings. The SMILES string of the molecule is COCCOCCCNc1ncccc1OC. The molecule has 0 unspecified atom stereocenters. The zero-order valence-electron chi connectivity index (χ0n) is 10.4. The van der Waals surface area contributed by atoms with Gasteiger partial charge in [0, 0.05) is 26.5 Å². The first-order chi connectivity index (χ1) is 8.38. The molecule has 0 amide bonds. The second-order valence-corrected chi connectivity index (χ2v) is 3.44. The Labute approximate surface area is 102 Å². The Hall–Kier alpha value is -1.33. The maximum Gasteiger partial charge on any atom is 0.168 e. The summed E-state index contributed by atoms with van der Waals surface area (Å²) in [5, 5.41) is 3.21. The number of hydrogen-bond donors (Lipinski definition) is 1. The second kappa shape index (κ2) is 8.78. The van der Waals surface area contributed by atoms with Crippen LogP contribution in [0.15, 0.2) is 18.3 Å². The van der Waals surface area contributed by atoms with E-state index in [1.54, 1.807) is 20.4 Å². The fraction of sp³-hybridized carbons (Fsp3) is 0.583. The molecule has 1 rings (SSSR count). The zero-order chi connectivity index (χ0) is 12.3. The maximum absolute atomic E-state index is 5.35. The van der Waals surface area contributed by atoms with Crippen LogP contribution in [0.5, 0.6) is 5.75 Å². The fourth-order valence-corrected chi connectivity index (χ4v) is 1.31. The van der Waals surface area contributed by atoms with E-state index >= 15 is 0 Å². The van der Waals surface area contributed by atoms with Crippen LogP contribution < -0.4 is 10.1 Å². The quantitative estimate of drug-likeness (QED) is 0.664. The highest BCUT2D eigenvalue weighted by molar-refractivity contribution is 5.49. The summed E-state index contributed by atoms with van der Waals surface area (Å²) in [6.45, 7) is 2.80. The molecule has 17 heavy (non-hydrogen) atoms. The molecule has 1 aromatic heterocycles. The molecule has 5 nitrogen and oxygen atoms in total. The molecule has 0 radical (unpaired) electrons. The monoisotopic (exact) mass is 240 g/mol. The predicted octanol–water partition coefficient (Wildman–Crippen LogP) is 1.56. The van der Waals surface area contributed by atoms with Gasteiger partial charge < -0.3 is 19.5 Å². The largest absolute Gasteiger partial charge is 0.493 e. The minimum Gasteiger partial charge on any atom is -0.493 e. The second-order valence-electron chi connectivity index (χ2n) is 3.44. The van der Waals surface area contributed by atoms with E-state index in [1.165, 1.54) is 0 Å². The number of aromatic nitrogens is 1. The van der Waals surface area contributed by atoms with Crippen LogP contribution in [0.25, 0.3) is 0 Å². The van der Waals surface area contributed by atoms with Crippen molar-refractivity contribution in [3.8, 4) is 5.75 Å². The van der Waals surface area contributed by atoms with Crippen molar-refractivity contribution < 1.29 is 14.2 Å². The van der Waals surface area contributed by atoms with Gasteiger partial charge in [-0.05, 0) is 18.6 Å². The number of nitrogens with one attached hydrogen (secondary N) is 1. The highest BCUT2D eigenvalue weighted by Gasteiger charge is 2.01. The molecule has 0 spiro atoms. The Morgan fingerprint density at radius 1 is 1.24 bits per heavy atom. The topological polar surface area (TPSA) is 52.6 Å². The van der Waals surface area contributed by atoms with E-state index in [-0.39, 0.29) is 0 Å². The minimum absolute atomic E-state index is 0.640. The van der Waals surface area contributed by atoms with Gasteiger partial charge in [-0.3, -0.25) is 0 Å². The molecule has 0 aliphatic carbocycles. The van der Waals surface area contributed by atoms with Crippen molar-refractivity contribution in [3.05, 3.63) is 18.3 Å². The molecule has 0 saturated carbocycles. The van der Waals surface area contributed by atoms with Gasteiger partial charge in [-0.25, -0.2) is 4.98 Å². The Morgan fingerprint density at radius 2 is 2.12 bits per heavy atom. The lowest BCUT2D eigenvalue weighted by molar-refractivity contribution is 0.0705. The molecule has 0 aliphatic heterocycles. The van der Waals surface area contributed by atoms with E-state index in [0.717, 1.165) is 24.5 Å². The first-order valence-electron chi connectivity index (χ1n) is 5.68. The van der Waals surface area contributed by atoms with Gasteiger partial charge in [0.05, 0.1) is 20.3 Å². The summed E-state index contributed by atoms with van der Waals surface area (Å²) in [6.07, 6.45) is 2.66. The van der Waals surface area contributed by atoms with E-state index in [2.05, 4.69) is 10.3 Å². The summed E-state index contributed by atoms with van der Waals surface area (Å²) in [6, 6.07) is 3.72. The molecule has 0 aromatic carbocycles. The van der Waals surface area contributed by atoms with E-state index in [1.807, 2.05) is 12.1 Å². The first-order valence-corrected chi connectivity index (χ1v) is 5.68. The van der Waals surface area contributed by atoms with Gasteiger partial charge in [0.2, 0.25) is 0 Å². The number of anilines is 1. The number of methoxy groups -OCH3 is 2. The summed E-state index contributed by atoms with van der Waals surface area (Å²) in [4.78, 5) is 4.20. The summed E-state index contributed by atoms with van der Waals surface area (Å²) in [5.41, 5.74) is 0. The van der Waals surface area contributed by atoms with Crippen LogP contribution in [-0.4, -0.2) is 45.6 Å². The normalized spacial score (nSPS) is 10.2. The van der Waals surface area contributed by atoms with Gasteiger partial charge >= 0.3 is 0 Å². The average molecular weight is 240 g/mol.